The molecule has 1 heterocycles. The Bertz CT molecular complexity index is 1200. The van der Waals surface area contributed by atoms with Gasteiger partial charge < -0.3 is 4.57 Å². The van der Waals surface area contributed by atoms with Gasteiger partial charge in [-0.05, 0) is 61.2 Å². The zero-order chi connectivity index (χ0) is 20.5. The van der Waals surface area contributed by atoms with Crippen LogP contribution in [0.25, 0.3) is 10.9 Å². The van der Waals surface area contributed by atoms with Gasteiger partial charge in [0.15, 0.2) is 0 Å². The summed E-state index contributed by atoms with van der Waals surface area (Å²) in [4.78, 5) is 12.2. The number of sulfonamides is 1. The zero-order valence-corrected chi connectivity index (χ0v) is 16.9. The maximum absolute atomic E-state index is 13.7. The molecule has 3 rings (SSSR count). The van der Waals surface area contributed by atoms with Crippen LogP contribution in [0.1, 0.15) is 30.0 Å². The molecule has 0 amide bonds. The highest BCUT2D eigenvalue weighted by atomic mass is 32.2. The van der Waals surface area contributed by atoms with Crippen molar-refractivity contribution in [3.05, 3.63) is 75.3 Å². The van der Waals surface area contributed by atoms with E-state index >= 15 is 0 Å². The Kier molecular flexibility index (Phi) is 5.56. The third kappa shape index (κ3) is 4.25. The number of rotatable bonds is 6. The van der Waals surface area contributed by atoms with Crippen LogP contribution in [-0.2, 0) is 22.3 Å². The normalized spacial score (nSPS) is 11.7. The number of nitrogens with one attached hydrogen (secondary N) is 1. The molecule has 148 valence electrons. The second-order valence-electron chi connectivity index (χ2n) is 6.99. The first-order valence-corrected chi connectivity index (χ1v) is 10.7. The molecular formula is C21H23FN2O3S. The summed E-state index contributed by atoms with van der Waals surface area (Å²) in [5.74, 6) is -0.751. The van der Waals surface area contributed by atoms with Crippen molar-refractivity contribution in [2.75, 3.05) is 4.72 Å². The van der Waals surface area contributed by atoms with E-state index in [0.29, 0.717) is 23.4 Å². The van der Waals surface area contributed by atoms with Crippen molar-refractivity contribution < 1.29 is 12.8 Å². The van der Waals surface area contributed by atoms with Crippen LogP contribution >= 0.6 is 0 Å². The molecule has 1 aromatic heterocycles. The first kappa shape index (κ1) is 20.1. The van der Waals surface area contributed by atoms with Crippen molar-refractivity contribution in [2.24, 2.45) is 0 Å². The van der Waals surface area contributed by atoms with Crippen molar-refractivity contribution in [3.8, 4) is 0 Å². The fourth-order valence-corrected chi connectivity index (χ4v) is 4.40. The first-order chi connectivity index (χ1) is 13.2. The molecule has 0 aliphatic heterocycles. The van der Waals surface area contributed by atoms with E-state index in [9.17, 15) is 17.6 Å². The fourth-order valence-electron chi connectivity index (χ4n) is 3.23. The number of nitrogens with zero attached hydrogens (tertiary/aromatic N) is 1. The predicted octanol–water partition coefficient (Wildman–Crippen LogP) is 4.11. The largest absolute Gasteiger partial charge is 0.308 e. The first-order valence-electron chi connectivity index (χ1n) is 9.10. The molecule has 0 saturated carbocycles. The molecule has 0 spiro atoms. The summed E-state index contributed by atoms with van der Waals surface area (Å²) in [5, 5.41) is 0.814. The van der Waals surface area contributed by atoms with Crippen LogP contribution < -0.4 is 10.3 Å². The molecule has 3 aromatic rings. The summed E-state index contributed by atoms with van der Waals surface area (Å²) in [5.41, 5.74) is 2.75. The molecular weight excluding hydrogens is 379 g/mol. The Morgan fingerprint density at radius 1 is 1.04 bits per heavy atom. The molecule has 1 N–H and O–H groups in total. The number of pyridine rings is 1. The van der Waals surface area contributed by atoms with Gasteiger partial charge in [-0.25, -0.2) is 12.8 Å². The van der Waals surface area contributed by atoms with Crippen molar-refractivity contribution in [2.45, 2.75) is 39.5 Å². The number of fused-ring (bicyclic) bond motifs is 1. The van der Waals surface area contributed by atoms with Gasteiger partial charge in [0.2, 0.25) is 10.0 Å². The minimum absolute atomic E-state index is 0.0680. The van der Waals surface area contributed by atoms with Gasteiger partial charge in [-0.3, -0.25) is 9.52 Å². The van der Waals surface area contributed by atoms with Gasteiger partial charge in [-0.2, -0.15) is 0 Å². The van der Waals surface area contributed by atoms with Crippen molar-refractivity contribution >= 4 is 26.6 Å². The number of benzene rings is 2. The third-order valence-corrected chi connectivity index (χ3v) is 5.89. The minimum atomic E-state index is -3.71. The van der Waals surface area contributed by atoms with Gasteiger partial charge in [0, 0.05) is 23.7 Å². The quantitative estimate of drug-likeness (QED) is 0.675. The van der Waals surface area contributed by atoms with E-state index in [2.05, 4.69) is 4.72 Å². The summed E-state index contributed by atoms with van der Waals surface area (Å²) in [6.07, 6.45) is 0.819. The lowest BCUT2D eigenvalue weighted by Crippen LogP contribution is -2.20. The SMILES string of the molecule is CCCn1c(=O)cc(C)c2cc(NS(=O)(=O)Cc3ccc(C)c(F)c3)ccc21. The summed E-state index contributed by atoms with van der Waals surface area (Å²) < 4.78 is 43.0. The van der Waals surface area contributed by atoms with Crippen LogP contribution in [0.5, 0.6) is 0 Å². The Morgan fingerprint density at radius 2 is 1.79 bits per heavy atom. The van der Waals surface area contributed by atoms with E-state index in [-0.39, 0.29) is 11.3 Å². The molecule has 0 unspecified atom stereocenters. The van der Waals surface area contributed by atoms with E-state index in [1.807, 2.05) is 13.8 Å². The second kappa shape index (κ2) is 7.75. The predicted molar refractivity (Wildman–Crippen MR) is 111 cm³/mol. The van der Waals surface area contributed by atoms with Crippen LogP contribution in [0.3, 0.4) is 0 Å². The van der Waals surface area contributed by atoms with Crippen molar-refractivity contribution in [3.63, 3.8) is 0 Å². The van der Waals surface area contributed by atoms with Gasteiger partial charge in [-0.15, -0.1) is 0 Å². The molecule has 28 heavy (non-hydrogen) atoms. The van der Waals surface area contributed by atoms with E-state index in [1.54, 1.807) is 47.9 Å². The van der Waals surface area contributed by atoms with Crippen LogP contribution in [0.4, 0.5) is 10.1 Å². The molecule has 0 atom stereocenters. The van der Waals surface area contributed by atoms with Gasteiger partial charge in [-0.1, -0.05) is 19.1 Å². The number of hydrogen-bond donors (Lipinski definition) is 1. The summed E-state index contributed by atoms with van der Waals surface area (Å²) in [6, 6.07) is 11.1. The Hall–Kier alpha value is -2.67. The molecule has 0 fully saturated rings. The van der Waals surface area contributed by atoms with E-state index < -0.39 is 15.8 Å². The number of anilines is 1. The molecule has 2 aromatic carbocycles. The number of aryl methyl sites for hydroxylation is 3. The molecule has 0 aliphatic carbocycles. The minimum Gasteiger partial charge on any atom is -0.308 e. The average molecular weight is 402 g/mol. The van der Waals surface area contributed by atoms with Crippen LogP contribution in [-0.4, -0.2) is 13.0 Å². The Labute approximate surface area is 163 Å². The summed E-state index contributed by atoms with van der Waals surface area (Å²) in [6.45, 7) is 6.04. The molecule has 0 aliphatic rings. The van der Waals surface area contributed by atoms with Crippen molar-refractivity contribution in [1.82, 2.24) is 4.57 Å². The monoisotopic (exact) mass is 402 g/mol. The highest BCUT2D eigenvalue weighted by molar-refractivity contribution is 7.91. The fraction of sp³-hybridized carbons (Fsp3) is 0.286. The summed E-state index contributed by atoms with van der Waals surface area (Å²) >= 11 is 0. The van der Waals surface area contributed by atoms with Crippen LogP contribution in [0.2, 0.25) is 0 Å². The average Bonchev–Trinajstić information content (AvgIpc) is 2.61. The smallest absolute Gasteiger partial charge is 0.251 e. The number of aromatic nitrogens is 1. The third-order valence-electron chi connectivity index (χ3n) is 4.63. The van der Waals surface area contributed by atoms with E-state index in [0.717, 1.165) is 22.9 Å². The topological polar surface area (TPSA) is 68.2 Å². The summed E-state index contributed by atoms with van der Waals surface area (Å²) in [7, 11) is -3.71. The molecule has 0 bridgehead atoms. The molecule has 0 saturated heterocycles. The van der Waals surface area contributed by atoms with Gasteiger partial charge >= 0.3 is 0 Å². The van der Waals surface area contributed by atoms with Crippen LogP contribution in [0, 0.1) is 19.7 Å². The molecule has 5 nitrogen and oxygen atoms in total. The second-order valence-corrected chi connectivity index (χ2v) is 8.72. The highest BCUT2D eigenvalue weighted by Crippen LogP contribution is 2.23. The maximum atomic E-state index is 13.7. The highest BCUT2D eigenvalue weighted by Gasteiger charge is 2.14. The zero-order valence-electron chi connectivity index (χ0n) is 16.1. The Morgan fingerprint density at radius 3 is 2.46 bits per heavy atom. The lowest BCUT2D eigenvalue weighted by molar-refractivity contribution is 0.599. The lowest BCUT2D eigenvalue weighted by atomic mass is 10.1. The maximum Gasteiger partial charge on any atom is 0.251 e. The number of hydrogen-bond acceptors (Lipinski definition) is 3. The van der Waals surface area contributed by atoms with Gasteiger partial charge in [0.25, 0.3) is 5.56 Å². The van der Waals surface area contributed by atoms with Gasteiger partial charge in [0.1, 0.15) is 5.82 Å². The molecule has 7 heteroatoms. The van der Waals surface area contributed by atoms with Gasteiger partial charge in [0.05, 0.1) is 11.3 Å². The van der Waals surface area contributed by atoms with Crippen molar-refractivity contribution in [1.29, 1.82) is 0 Å². The lowest BCUT2D eigenvalue weighted by Gasteiger charge is -2.14. The van der Waals surface area contributed by atoms with E-state index in [4.69, 9.17) is 0 Å². The standard InChI is InChI=1S/C21H23FN2O3S/c1-4-9-24-20-8-7-17(12-18(20)15(3)10-21(24)25)23-28(26,27)13-16-6-5-14(2)19(22)11-16/h5-8,10-12,23H,4,9,13H2,1-3H3. The Balaban J connectivity index is 1.93. The molecule has 0 radical (unpaired) electrons. The van der Waals surface area contributed by atoms with E-state index in [1.165, 1.54) is 6.07 Å². The van der Waals surface area contributed by atoms with Crippen LogP contribution in [0.15, 0.2) is 47.3 Å². The number of halogens is 1.